The Morgan fingerprint density at radius 3 is 2.52 bits per heavy atom. The van der Waals surface area contributed by atoms with Gasteiger partial charge in [0.15, 0.2) is 5.11 Å². The maximum atomic E-state index is 13.2. The molecule has 0 aromatic heterocycles. The van der Waals surface area contributed by atoms with Gasteiger partial charge in [-0.2, -0.15) is 0 Å². The number of aryl methyl sites for hydroxylation is 2. The Morgan fingerprint density at radius 1 is 1.00 bits per heavy atom. The summed E-state index contributed by atoms with van der Waals surface area (Å²) in [5.74, 6) is -0.284. The van der Waals surface area contributed by atoms with E-state index in [2.05, 4.69) is 22.0 Å². The zero-order valence-electron chi connectivity index (χ0n) is 17.5. The molecule has 0 saturated carbocycles. The molecule has 9 heteroatoms. The summed E-state index contributed by atoms with van der Waals surface area (Å²) in [7, 11) is 0. The van der Waals surface area contributed by atoms with Gasteiger partial charge in [-0.3, -0.25) is 14.9 Å². The Morgan fingerprint density at radius 2 is 1.76 bits per heavy atom. The van der Waals surface area contributed by atoms with Crippen molar-refractivity contribution in [2.75, 3.05) is 10.6 Å². The topological polar surface area (TPSA) is 96.3 Å². The zero-order chi connectivity index (χ0) is 23.4. The lowest BCUT2D eigenvalue weighted by Gasteiger charge is -2.21. The summed E-state index contributed by atoms with van der Waals surface area (Å²) >= 11 is 11.6. The number of fused-ring (bicyclic) bond motifs is 1. The molecule has 1 unspecified atom stereocenters. The first-order valence-corrected chi connectivity index (χ1v) is 11.2. The lowest BCUT2D eigenvalue weighted by atomic mass is 10.1. The van der Waals surface area contributed by atoms with Gasteiger partial charge < -0.3 is 16.0 Å². The third-order valence-electron chi connectivity index (χ3n) is 5.45. The van der Waals surface area contributed by atoms with Gasteiger partial charge in [-0.15, -0.1) is 0 Å². The minimum absolute atomic E-state index is 0.107. The minimum Gasteiger partial charge on any atom is -0.347 e. The smallest absolute Gasteiger partial charge is 0.271 e. The third kappa shape index (κ3) is 5.47. The molecule has 3 N–H and O–H groups in total. The number of nitro groups is 1. The second-order valence-electron chi connectivity index (χ2n) is 7.69. The molecule has 3 aromatic rings. The number of nitrogens with zero attached hydrogens (tertiary/aromatic N) is 1. The number of nitrogens with one attached hydrogen (secondary N) is 3. The van der Waals surface area contributed by atoms with Crippen molar-refractivity contribution < 1.29 is 9.72 Å². The minimum atomic E-state index is -0.795. The highest BCUT2D eigenvalue weighted by Crippen LogP contribution is 2.28. The lowest BCUT2D eigenvalue weighted by molar-refractivity contribution is -0.384. The first kappa shape index (κ1) is 22.7. The van der Waals surface area contributed by atoms with Crippen molar-refractivity contribution >= 4 is 51.9 Å². The molecular formula is C24H21ClN4O3S. The van der Waals surface area contributed by atoms with E-state index in [1.807, 2.05) is 42.5 Å². The van der Waals surface area contributed by atoms with E-state index in [1.165, 1.54) is 29.3 Å². The van der Waals surface area contributed by atoms with Crippen molar-refractivity contribution in [1.82, 2.24) is 5.32 Å². The van der Waals surface area contributed by atoms with Crippen LogP contribution in [0, 0.1) is 10.1 Å². The Bertz CT molecular complexity index is 1220. The van der Waals surface area contributed by atoms with Crippen LogP contribution in [0.4, 0.5) is 17.1 Å². The molecule has 0 spiro atoms. The van der Waals surface area contributed by atoms with E-state index in [-0.39, 0.29) is 27.4 Å². The van der Waals surface area contributed by atoms with E-state index in [1.54, 1.807) is 0 Å². The molecule has 0 bridgehead atoms. The number of nitro benzene ring substituents is 1. The van der Waals surface area contributed by atoms with Crippen LogP contribution in [0.1, 0.15) is 29.2 Å². The van der Waals surface area contributed by atoms with E-state index in [0.717, 1.165) is 24.9 Å². The van der Waals surface area contributed by atoms with Gasteiger partial charge in [0.05, 0.1) is 15.6 Å². The number of carbonyl (C=O) groups excluding carboxylic acids is 1. The van der Waals surface area contributed by atoms with Gasteiger partial charge in [0.2, 0.25) is 0 Å². The fourth-order valence-electron chi connectivity index (χ4n) is 3.82. The van der Waals surface area contributed by atoms with Gasteiger partial charge >= 0.3 is 0 Å². The van der Waals surface area contributed by atoms with Crippen LogP contribution in [0.25, 0.3) is 0 Å². The van der Waals surface area contributed by atoms with Gasteiger partial charge in [0.1, 0.15) is 6.04 Å². The molecule has 0 heterocycles. The lowest BCUT2D eigenvalue weighted by Crippen LogP contribution is -2.39. The number of non-ortho nitro benzene ring substituents is 1. The SMILES string of the molecule is O=C(Nc1ccc2c(c1)CCC2)C(NC(=S)Nc1cc([N+](=O)[O-])ccc1Cl)c1ccccc1. The predicted molar refractivity (Wildman–Crippen MR) is 134 cm³/mol. The number of benzene rings is 3. The van der Waals surface area contributed by atoms with Crippen LogP contribution in [-0.2, 0) is 17.6 Å². The first-order valence-electron chi connectivity index (χ1n) is 10.4. The Balaban J connectivity index is 1.53. The van der Waals surface area contributed by atoms with E-state index >= 15 is 0 Å². The van der Waals surface area contributed by atoms with Gasteiger partial charge in [-0.05, 0) is 66.4 Å². The molecule has 168 valence electrons. The summed E-state index contributed by atoms with van der Waals surface area (Å²) in [5.41, 5.74) is 4.17. The Hall–Kier alpha value is -3.49. The summed E-state index contributed by atoms with van der Waals surface area (Å²) in [6, 6.07) is 18.4. The first-order chi connectivity index (χ1) is 15.9. The molecule has 33 heavy (non-hydrogen) atoms. The fraction of sp³-hybridized carbons (Fsp3) is 0.167. The van der Waals surface area contributed by atoms with Crippen LogP contribution >= 0.6 is 23.8 Å². The average molecular weight is 481 g/mol. The van der Waals surface area contributed by atoms with E-state index in [0.29, 0.717) is 5.56 Å². The summed E-state index contributed by atoms with van der Waals surface area (Å²) in [6.45, 7) is 0. The molecule has 0 fully saturated rings. The monoisotopic (exact) mass is 480 g/mol. The van der Waals surface area contributed by atoms with Gasteiger partial charge in [0, 0.05) is 17.8 Å². The summed E-state index contributed by atoms with van der Waals surface area (Å²) in [5, 5.41) is 20.3. The van der Waals surface area contributed by atoms with Crippen LogP contribution in [0.5, 0.6) is 0 Å². The highest BCUT2D eigenvalue weighted by molar-refractivity contribution is 7.80. The summed E-state index contributed by atoms with van der Waals surface area (Å²) < 4.78 is 0. The zero-order valence-corrected chi connectivity index (χ0v) is 19.1. The molecule has 0 aliphatic heterocycles. The van der Waals surface area contributed by atoms with Gasteiger partial charge in [-0.1, -0.05) is 48.0 Å². The second-order valence-corrected chi connectivity index (χ2v) is 8.51. The molecule has 1 atom stereocenters. The average Bonchev–Trinajstić information content (AvgIpc) is 3.27. The number of amides is 1. The number of thiocarbonyl (C=S) groups is 1. The van der Waals surface area contributed by atoms with Gasteiger partial charge in [0.25, 0.3) is 11.6 Å². The van der Waals surface area contributed by atoms with E-state index < -0.39 is 11.0 Å². The number of halogens is 1. The van der Waals surface area contributed by atoms with Crippen molar-refractivity contribution in [2.45, 2.75) is 25.3 Å². The highest BCUT2D eigenvalue weighted by Gasteiger charge is 2.23. The number of rotatable bonds is 6. The predicted octanol–water partition coefficient (Wildman–Crippen LogP) is 5.40. The van der Waals surface area contributed by atoms with Crippen molar-refractivity contribution in [3.63, 3.8) is 0 Å². The van der Waals surface area contributed by atoms with Crippen LogP contribution in [0.2, 0.25) is 5.02 Å². The van der Waals surface area contributed by atoms with Crippen LogP contribution in [0.3, 0.4) is 0 Å². The molecule has 1 aliphatic rings. The number of carbonyl (C=O) groups is 1. The summed E-state index contributed by atoms with van der Waals surface area (Å²) in [6.07, 6.45) is 3.20. The molecule has 3 aromatic carbocycles. The molecule has 0 saturated heterocycles. The van der Waals surface area contributed by atoms with Crippen molar-refractivity contribution in [3.05, 3.63) is 98.6 Å². The Labute approximate surface area is 201 Å². The molecule has 0 radical (unpaired) electrons. The molecule has 1 aliphatic carbocycles. The van der Waals surface area contributed by atoms with Gasteiger partial charge in [-0.25, -0.2) is 0 Å². The van der Waals surface area contributed by atoms with Crippen molar-refractivity contribution in [1.29, 1.82) is 0 Å². The highest BCUT2D eigenvalue weighted by atomic mass is 35.5. The summed E-state index contributed by atoms with van der Waals surface area (Å²) in [4.78, 5) is 23.8. The van der Waals surface area contributed by atoms with Crippen molar-refractivity contribution in [2.24, 2.45) is 0 Å². The Kier molecular flexibility index (Phi) is 6.86. The van der Waals surface area contributed by atoms with Crippen LogP contribution in [-0.4, -0.2) is 15.9 Å². The van der Waals surface area contributed by atoms with Crippen LogP contribution < -0.4 is 16.0 Å². The van der Waals surface area contributed by atoms with Crippen molar-refractivity contribution in [3.8, 4) is 0 Å². The standard InChI is InChI=1S/C24H21ClN4O3S/c25-20-12-11-19(29(31)32)14-21(20)27-24(33)28-22(16-5-2-1-3-6-16)23(30)26-18-10-9-15-7-4-8-17(15)13-18/h1-3,5-6,9-14,22H,4,7-8H2,(H,26,30)(H2,27,28,33). The maximum absolute atomic E-state index is 13.2. The third-order valence-corrected chi connectivity index (χ3v) is 6.00. The van der Waals surface area contributed by atoms with E-state index in [9.17, 15) is 14.9 Å². The largest absolute Gasteiger partial charge is 0.347 e. The quantitative estimate of drug-likeness (QED) is 0.248. The molecule has 1 amide bonds. The van der Waals surface area contributed by atoms with Crippen LogP contribution in [0.15, 0.2) is 66.7 Å². The fourth-order valence-corrected chi connectivity index (χ4v) is 4.21. The maximum Gasteiger partial charge on any atom is 0.271 e. The number of hydrogen-bond donors (Lipinski definition) is 3. The number of hydrogen-bond acceptors (Lipinski definition) is 4. The number of anilines is 2. The second kappa shape index (κ2) is 9.97. The molecule has 7 nitrogen and oxygen atoms in total. The molecule has 4 rings (SSSR count). The normalized spacial score (nSPS) is 13.0. The molecular weight excluding hydrogens is 460 g/mol. The van der Waals surface area contributed by atoms with E-state index in [4.69, 9.17) is 23.8 Å².